The van der Waals surface area contributed by atoms with E-state index in [-0.39, 0.29) is 0 Å². The Balaban J connectivity index is 2.88. The first-order valence-corrected chi connectivity index (χ1v) is 9.56. The van der Waals surface area contributed by atoms with Crippen molar-refractivity contribution in [2.45, 2.75) is 27.7 Å². The molecule has 0 aromatic carbocycles. The fraction of sp³-hybridized carbons (Fsp3) is 0.333. The predicted octanol–water partition coefficient (Wildman–Crippen LogP) is 3.38. The topological polar surface area (TPSA) is 18.5 Å². The summed E-state index contributed by atoms with van der Waals surface area (Å²) in [6.07, 6.45) is 8.04. The zero-order valence-corrected chi connectivity index (χ0v) is 12.4. The van der Waals surface area contributed by atoms with Gasteiger partial charge in [0.1, 0.15) is 0 Å². The van der Waals surface area contributed by atoms with Gasteiger partial charge < -0.3 is 8.23 Å². The van der Waals surface area contributed by atoms with Crippen LogP contribution in [0.25, 0.3) is 0 Å². The lowest BCUT2D eigenvalue weighted by molar-refractivity contribution is 0.261. The van der Waals surface area contributed by atoms with Crippen LogP contribution in [0.15, 0.2) is 47.1 Å². The van der Waals surface area contributed by atoms with Gasteiger partial charge >= 0.3 is 17.1 Å². The molecule has 0 aliphatic carbocycles. The van der Waals surface area contributed by atoms with Gasteiger partial charge in [0.25, 0.3) is 0 Å². The summed E-state index contributed by atoms with van der Waals surface area (Å²) >= 11 is 0. The lowest BCUT2D eigenvalue weighted by atomic mass is 10.8. The summed E-state index contributed by atoms with van der Waals surface area (Å²) in [4.78, 5) is 0. The van der Waals surface area contributed by atoms with Crippen LogP contribution in [-0.4, -0.2) is 17.1 Å². The molecule has 4 heteroatoms. The van der Waals surface area contributed by atoms with Crippen LogP contribution in [-0.2, 0) is 8.23 Å². The lowest BCUT2D eigenvalue weighted by Gasteiger charge is -2.47. The molecule has 1 heterocycles. The highest BCUT2D eigenvalue weighted by molar-refractivity contribution is 7.03. The summed E-state index contributed by atoms with van der Waals surface area (Å²) in [5, 5.41) is 0. The summed E-state index contributed by atoms with van der Waals surface area (Å²) in [6.45, 7) is 7.99. The van der Waals surface area contributed by atoms with E-state index in [0.29, 0.717) is 0 Å². The molecule has 1 saturated heterocycles. The van der Waals surface area contributed by atoms with Crippen molar-refractivity contribution in [3.63, 3.8) is 0 Å². The predicted molar refractivity (Wildman–Crippen MR) is 72.9 cm³/mol. The molecule has 0 aromatic rings. The number of allylic oxidation sites excluding steroid dienone is 4. The van der Waals surface area contributed by atoms with Gasteiger partial charge in [-0.3, -0.25) is 0 Å². The fourth-order valence-corrected chi connectivity index (χ4v) is 10.1. The normalized spacial score (nSPS) is 35.8. The first-order chi connectivity index (χ1) is 7.66. The Morgan fingerprint density at radius 3 is 1.00 bits per heavy atom. The molecule has 0 spiro atoms. The van der Waals surface area contributed by atoms with Crippen LogP contribution in [0.5, 0.6) is 0 Å². The summed E-state index contributed by atoms with van der Waals surface area (Å²) in [5.41, 5.74) is 8.30. The van der Waals surface area contributed by atoms with Crippen molar-refractivity contribution in [1.29, 1.82) is 0 Å². The van der Waals surface area contributed by atoms with Crippen LogP contribution in [0.4, 0.5) is 0 Å². The van der Waals surface area contributed by atoms with Crippen LogP contribution in [0.2, 0.25) is 0 Å². The van der Waals surface area contributed by atoms with E-state index in [1.165, 1.54) is 0 Å². The van der Waals surface area contributed by atoms with Crippen LogP contribution in [0, 0.1) is 0 Å². The van der Waals surface area contributed by atoms with Crippen LogP contribution >= 0.6 is 0 Å². The molecule has 16 heavy (non-hydrogen) atoms. The van der Waals surface area contributed by atoms with Crippen molar-refractivity contribution in [2.24, 2.45) is 0 Å². The van der Waals surface area contributed by atoms with Crippen LogP contribution in [0.3, 0.4) is 0 Å². The molecule has 1 fully saturated rings. The highest BCUT2D eigenvalue weighted by Gasteiger charge is 2.57. The Morgan fingerprint density at radius 2 is 0.812 bits per heavy atom. The van der Waals surface area contributed by atoms with Gasteiger partial charge in [-0.1, -0.05) is 24.3 Å². The van der Waals surface area contributed by atoms with Crippen LogP contribution < -0.4 is 0 Å². The zero-order chi connectivity index (χ0) is 12.1. The second kappa shape index (κ2) is 5.59. The third kappa shape index (κ3) is 2.71. The molecule has 0 amide bonds. The maximum Gasteiger partial charge on any atom is 0.374 e. The highest BCUT2D eigenvalue weighted by Crippen LogP contribution is 2.34. The second-order valence-corrected chi connectivity index (χ2v) is 9.50. The summed E-state index contributed by atoms with van der Waals surface area (Å²) in [7, 11) is -4.31. The van der Waals surface area contributed by atoms with E-state index >= 15 is 0 Å². The van der Waals surface area contributed by atoms with Gasteiger partial charge in [0.2, 0.25) is 0 Å². The van der Waals surface area contributed by atoms with Gasteiger partial charge in [0, 0.05) is 0 Å². The van der Waals surface area contributed by atoms with Gasteiger partial charge in [-0.05, 0) is 50.5 Å². The van der Waals surface area contributed by atoms with Gasteiger partial charge in [-0.15, -0.1) is 0 Å². The third-order valence-corrected chi connectivity index (χ3v) is 10.5. The molecule has 0 atom stereocenters. The van der Waals surface area contributed by atoms with Gasteiger partial charge in [-0.2, -0.15) is 0 Å². The quantitative estimate of drug-likeness (QED) is 0.714. The monoisotopic (exact) mass is 252 g/mol. The Kier molecular flexibility index (Phi) is 4.67. The van der Waals surface area contributed by atoms with Crippen molar-refractivity contribution in [1.82, 2.24) is 0 Å². The highest BCUT2D eigenvalue weighted by atomic mass is 28.5. The maximum absolute atomic E-state index is 6.18. The molecule has 0 radical (unpaired) electrons. The van der Waals surface area contributed by atoms with Crippen molar-refractivity contribution >= 4 is 17.1 Å². The Labute approximate surface area is 100 Å². The molecule has 0 saturated carbocycles. The molecule has 0 bridgehead atoms. The molecule has 88 valence electrons. The minimum Gasteiger partial charge on any atom is -0.403 e. The zero-order valence-electron chi connectivity index (χ0n) is 10.4. The summed E-state index contributed by atoms with van der Waals surface area (Å²) in [5.74, 6) is 0. The first kappa shape index (κ1) is 13.4. The minimum atomic E-state index is -2.15. The maximum atomic E-state index is 6.18. The fourth-order valence-electron chi connectivity index (χ4n) is 1.82. The molecule has 1 aliphatic heterocycles. The molecular formula is C12H20O2Si2. The van der Waals surface area contributed by atoms with E-state index in [1.807, 2.05) is 52.0 Å². The lowest BCUT2D eigenvalue weighted by Crippen LogP contribution is -2.67. The van der Waals surface area contributed by atoms with E-state index in [2.05, 4.69) is 22.8 Å². The molecule has 1 rings (SSSR count). The van der Waals surface area contributed by atoms with Crippen molar-refractivity contribution in [3.8, 4) is 0 Å². The molecule has 0 N–H and O–H groups in total. The van der Waals surface area contributed by atoms with E-state index in [0.717, 1.165) is 0 Å². The number of hydrogen-bond acceptors (Lipinski definition) is 2. The van der Waals surface area contributed by atoms with Gasteiger partial charge in [0.15, 0.2) is 0 Å². The molecule has 0 unspecified atom stereocenters. The van der Waals surface area contributed by atoms with E-state index < -0.39 is 17.1 Å². The van der Waals surface area contributed by atoms with Crippen molar-refractivity contribution in [2.75, 3.05) is 0 Å². The van der Waals surface area contributed by atoms with Gasteiger partial charge in [0.05, 0.1) is 0 Å². The SMILES string of the molecule is CC=C[Si]1(C=CC)O[Si](C=CC)(C=CC)O1. The van der Waals surface area contributed by atoms with E-state index in [9.17, 15) is 0 Å². The average molecular weight is 252 g/mol. The Hall–Kier alpha value is -0.686. The van der Waals surface area contributed by atoms with Crippen molar-refractivity contribution in [3.05, 3.63) is 47.1 Å². The summed E-state index contributed by atoms with van der Waals surface area (Å²) < 4.78 is 12.4. The van der Waals surface area contributed by atoms with E-state index in [1.54, 1.807) is 0 Å². The largest absolute Gasteiger partial charge is 0.403 e. The van der Waals surface area contributed by atoms with Gasteiger partial charge in [-0.25, -0.2) is 0 Å². The Bertz CT molecular complexity index is 277. The molecule has 2 nitrogen and oxygen atoms in total. The Morgan fingerprint density at radius 1 is 0.562 bits per heavy atom. The number of hydrogen-bond donors (Lipinski definition) is 0. The first-order valence-electron chi connectivity index (χ1n) is 5.61. The van der Waals surface area contributed by atoms with Crippen molar-refractivity contribution < 1.29 is 8.23 Å². The molecule has 0 aromatic heterocycles. The van der Waals surface area contributed by atoms with Crippen LogP contribution in [0.1, 0.15) is 27.7 Å². The average Bonchev–Trinajstić information content (AvgIpc) is 2.17. The van der Waals surface area contributed by atoms with E-state index in [4.69, 9.17) is 8.23 Å². The second-order valence-electron chi connectivity index (χ2n) is 3.65. The number of rotatable bonds is 4. The minimum absolute atomic E-state index is 2.00. The summed E-state index contributed by atoms with van der Waals surface area (Å²) in [6, 6.07) is 0. The standard InChI is InChI=1S/C12H20O2Si2/c1-5-9-15(10-6-2)13-16(14-15,11-7-3)12-8-4/h5-12H,1-4H3. The molecule has 1 aliphatic rings. The smallest absolute Gasteiger partial charge is 0.374 e. The molecular weight excluding hydrogens is 232 g/mol. The third-order valence-electron chi connectivity index (χ3n) is 2.23.